The lowest BCUT2D eigenvalue weighted by Crippen LogP contribution is -2.36. The molecule has 1 aromatic heterocycles. The molecule has 1 heterocycles. The average molecular weight is 440 g/mol. The third-order valence-corrected chi connectivity index (χ3v) is 5.62. The molecule has 0 aliphatic carbocycles. The number of nitrogens with one attached hydrogen (secondary N) is 2. The van der Waals surface area contributed by atoms with Crippen molar-refractivity contribution >= 4 is 29.3 Å². The van der Waals surface area contributed by atoms with Gasteiger partial charge in [-0.25, -0.2) is 9.89 Å². The van der Waals surface area contributed by atoms with Crippen LogP contribution in [0.15, 0.2) is 64.5 Å². The van der Waals surface area contributed by atoms with Crippen molar-refractivity contribution in [1.29, 1.82) is 0 Å². The molecule has 0 spiro atoms. The van der Waals surface area contributed by atoms with Gasteiger partial charge in [-0.2, -0.15) is 0 Å². The van der Waals surface area contributed by atoms with E-state index in [-0.39, 0.29) is 29.8 Å². The maximum Gasteiger partial charge on any atom is 0.343 e. The number of nitrogens with zero attached hydrogens (tertiary/aromatic N) is 3. The molecular formula is C22H25N5O3S. The molecular weight excluding hydrogens is 414 g/mol. The van der Waals surface area contributed by atoms with Crippen LogP contribution in [0.5, 0.6) is 0 Å². The highest BCUT2D eigenvalue weighted by Gasteiger charge is 2.16. The number of hydrogen-bond acceptors (Lipinski definition) is 5. The summed E-state index contributed by atoms with van der Waals surface area (Å²) in [7, 11) is 1.57. The normalized spacial score (nSPS) is 10.6. The summed E-state index contributed by atoms with van der Waals surface area (Å²) in [5.41, 5.74) is 2.59. The molecule has 3 rings (SSSR count). The lowest BCUT2D eigenvalue weighted by atomic mass is 10.1. The Morgan fingerprint density at radius 2 is 1.84 bits per heavy atom. The van der Waals surface area contributed by atoms with Gasteiger partial charge in [0.1, 0.15) is 0 Å². The predicted octanol–water partition coefficient (Wildman–Crippen LogP) is 2.31. The van der Waals surface area contributed by atoms with Crippen LogP contribution in [0.25, 0.3) is 0 Å². The van der Waals surface area contributed by atoms with E-state index < -0.39 is 0 Å². The van der Waals surface area contributed by atoms with E-state index in [1.54, 1.807) is 7.05 Å². The molecule has 8 nitrogen and oxygen atoms in total. The Labute approximate surface area is 184 Å². The highest BCUT2D eigenvalue weighted by molar-refractivity contribution is 7.99. The lowest BCUT2D eigenvalue weighted by Gasteiger charge is -2.16. The fourth-order valence-corrected chi connectivity index (χ4v) is 3.79. The average Bonchev–Trinajstić information content (AvgIpc) is 3.12. The number of hydrogen-bond donors (Lipinski definition) is 2. The highest BCUT2D eigenvalue weighted by atomic mass is 32.2. The van der Waals surface area contributed by atoms with Gasteiger partial charge >= 0.3 is 5.69 Å². The molecule has 3 aromatic rings. The van der Waals surface area contributed by atoms with Crippen LogP contribution in [0.4, 0.5) is 5.69 Å². The van der Waals surface area contributed by atoms with Gasteiger partial charge in [0, 0.05) is 19.3 Å². The van der Waals surface area contributed by atoms with Crippen LogP contribution >= 0.6 is 11.8 Å². The lowest BCUT2D eigenvalue weighted by molar-refractivity contribution is -0.131. The SMILES string of the molecule is Cc1ccc(NC(=O)CN(C)C(=O)CSc2n[nH]c(=O)n2CCc2ccccc2)cc1. The third kappa shape index (κ3) is 6.58. The molecule has 0 saturated carbocycles. The van der Waals surface area contributed by atoms with Gasteiger partial charge in [0.25, 0.3) is 0 Å². The zero-order chi connectivity index (χ0) is 22.2. The first-order valence-corrected chi connectivity index (χ1v) is 10.8. The molecule has 0 unspecified atom stereocenters. The summed E-state index contributed by atoms with van der Waals surface area (Å²) in [5.74, 6) is -0.428. The van der Waals surface area contributed by atoms with Crippen LogP contribution in [0.2, 0.25) is 0 Å². The standard InChI is InChI=1S/C22H25N5O3S/c1-16-8-10-18(11-9-16)23-19(28)14-26(2)20(29)15-31-22-25-24-21(30)27(22)13-12-17-6-4-3-5-7-17/h3-11H,12-15H2,1-2H3,(H,23,28)(H,24,30). The molecule has 2 aromatic carbocycles. The van der Waals surface area contributed by atoms with Crippen LogP contribution in [0.1, 0.15) is 11.1 Å². The van der Waals surface area contributed by atoms with Crippen molar-refractivity contribution < 1.29 is 9.59 Å². The van der Waals surface area contributed by atoms with E-state index in [9.17, 15) is 14.4 Å². The van der Waals surface area contributed by atoms with Crippen molar-refractivity contribution in [3.8, 4) is 0 Å². The van der Waals surface area contributed by atoms with Crippen LogP contribution in [-0.4, -0.2) is 50.8 Å². The Hall–Kier alpha value is -3.33. The number of anilines is 1. The van der Waals surface area contributed by atoms with Crippen LogP contribution in [-0.2, 0) is 22.6 Å². The van der Waals surface area contributed by atoms with Gasteiger partial charge in [0.2, 0.25) is 11.8 Å². The quantitative estimate of drug-likeness (QED) is 0.499. The summed E-state index contributed by atoms with van der Waals surface area (Å²) in [6.45, 7) is 2.37. The molecule has 162 valence electrons. The molecule has 0 saturated heterocycles. The second kappa shape index (κ2) is 10.6. The number of aromatic nitrogens is 3. The van der Waals surface area contributed by atoms with Crippen LogP contribution in [0, 0.1) is 6.92 Å². The van der Waals surface area contributed by atoms with E-state index in [1.807, 2.05) is 61.5 Å². The topological polar surface area (TPSA) is 100 Å². The van der Waals surface area contributed by atoms with Crippen molar-refractivity contribution in [2.75, 3.05) is 24.7 Å². The van der Waals surface area contributed by atoms with E-state index in [2.05, 4.69) is 15.5 Å². The van der Waals surface area contributed by atoms with Gasteiger partial charge in [-0.1, -0.05) is 59.8 Å². The van der Waals surface area contributed by atoms with Crippen molar-refractivity contribution in [3.05, 3.63) is 76.2 Å². The minimum Gasteiger partial charge on any atom is -0.336 e. The zero-order valence-corrected chi connectivity index (χ0v) is 18.3. The number of aryl methyl sites for hydroxylation is 2. The molecule has 9 heteroatoms. The second-order valence-corrected chi connectivity index (χ2v) is 8.09. The van der Waals surface area contributed by atoms with Crippen LogP contribution in [0.3, 0.4) is 0 Å². The monoisotopic (exact) mass is 439 g/mol. The van der Waals surface area contributed by atoms with Gasteiger partial charge in [0.15, 0.2) is 5.16 Å². The van der Waals surface area contributed by atoms with Crippen molar-refractivity contribution in [2.24, 2.45) is 0 Å². The van der Waals surface area contributed by atoms with Gasteiger partial charge < -0.3 is 10.2 Å². The Bertz CT molecular complexity index is 1080. The predicted molar refractivity (Wildman–Crippen MR) is 121 cm³/mol. The summed E-state index contributed by atoms with van der Waals surface area (Å²) < 4.78 is 1.52. The number of rotatable bonds is 9. The number of carbonyl (C=O) groups excluding carboxylic acids is 2. The number of thioether (sulfide) groups is 1. The van der Waals surface area contributed by atoms with E-state index in [0.29, 0.717) is 23.8 Å². The molecule has 0 aliphatic heterocycles. The van der Waals surface area contributed by atoms with E-state index in [0.717, 1.165) is 11.1 Å². The number of benzene rings is 2. The highest BCUT2D eigenvalue weighted by Crippen LogP contribution is 2.15. The van der Waals surface area contributed by atoms with Crippen molar-refractivity contribution in [3.63, 3.8) is 0 Å². The number of carbonyl (C=O) groups is 2. The first-order chi connectivity index (χ1) is 14.9. The largest absolute Gasteiger partial charge is 0.343 e. The van der Waals surface area contributed by atoms with Crippen molar-refractivity contribution in [2.45, 2.75) is 25.0 Å². The maximum atomic E-state index is 12.4. The van der Waals surface area contributed by atoms with Gasteiger partial charge in [-0.3, -0.25) is 14.2 Å². The molecule has 31 heavy (non-hydrogen) atoms. The van der Waals surface area contributed by atoms with E-state index >= 15 is 0 Å². The third-order valence-electron chi connectivity index (χ3n) is 4.66. The Morgan fingerprint density at radius 3 is 2.55 bits per heavy atom. The summed E-state index contributed by atoms with van der Waals surface area (Å²) in [4.78, 5) is 38.1. The summed E-state index contributed by atoms with van der Waals surface area (Å²) in [6, 6.07) is 17.3. The molecule has 0 aliphatic rings. The molecule has 0 atom stereocenters. The molecule has 0 bridgehead atoms. The van der Waals surface area contributed by atoms with E-state index in [1.165, 1.54) is 21.2 Å². The summed E-state index contributed by atoms with van der Waals surface area (Å²) in [5, 5.41) is 9.68. The number of aromatic amines is 1. The smallest absolute Gasteiger partial charge is 0.336 e. The molecule has 2 amide bonds. The maximum absolute atomic E-state index is 12.4. The Balaban J connectivity index is 1.50. The Morgan fingerprint density at radius 1 is 1.13 bits per heavy atom. The van der Waals surface area contributed by atoms with Crippen molar-refractivity contribution in [1.82, 2.24) is 19.7 Å². The van der Waals surface area contributed by atoms with Gasteiger partial charge in [-0.15, -0.1) is 5.10 Å². The number of likely N-dealkylation sites (N-methyl/N-ethyl adjacent to an activating group) is 1. The Kier molecular flexibility index (Phi) is 7.66. The first kappa shape index (κ1) is 22.4. The second-order valence-electron chi connectivity index (χ2n) is 7.15. The number of H-pyrrole nitrogens is 1. The summed E-state index contributed by atoms with van der Waals surface area (Å²) >= 11 is 1.17. The first-order valence-electron chi connectivity index (χ1n) is 9.85. The molecule has 0 fully saturated rings. The number of amides is 2. The molecule has 2 N–H and O–H groups in total. The zero-order valence-electron chi connectivity index (χ0n) is 17.5. The minimum absolute atomic E-state index is 0.0609. The minimum atomic E-state index is -0.309. The van der Waals surface area contributed by atoms with Crippen LogP contribution < -0.4 is 11.0 Å². The fourth-order valence-electron chi connectivity index (χ4n) is 2.87. The van der Waals surface area contributed by atoms with Gasteiger partial charge in [-0.05, 0) is 31.0 Å². The summed E-state index contributed by atoms with van der Waals surface area (Å²) in [6.07, 6.45) is 0.681. The van der Waals surface area contributed by atoms with E-state index in [4.69, 9.17) is 0 Å². The van der Waals surface area contributed by atoms with Gasteiger partial charge in [0.05, 0.1) is 12.3 Å². The fraction of sp³-hybridized carbons (Fsp3) is 0.273. The molecule has 0 radical (unpaired) electrons.